The predicted octanol–water partition coefficient (Wildman–Crippen LogP) is 7.62. The Labute approximate surface area is 441 Å². The van der Waals surface area contributed by atoms with Crippen LogP contribution in [0, 0.1) is 5.41 Å². The summed E-state index contributed by atoms with van der Waals surface area (Å²) >= 11 is 42.5. The molecule has 0 radical (unpaired) electrons. The normalized spacial score (nSPS) is 24.4. The Morgan fingerprint density at radius 2 is 1.13 bits per heavy atom. The average Bonchev–Trinajstić information content (AvgIpc) is 3.36. The Hall–Kier alpha value is -4.47. The summed E-state index contributed by atoms with van der Waals surface area (Å²) in [7, 11) is 1.03. The second kappa shape index (κ2) is 26.0. The molecule has 2 fully saturated rings. The number of esters is 4. The van der Waals surface area contributed by atoms with E-state index in [1.54, 1.807) is 97.1 Å². The van der Waals surface area contributed by atoms with Gasteiger partial charge in [-0.05, 0) is 35.4 Å². The summed E-state index contributed by atoms with van der Waals surface area (Å²) in [4.78, 5) is 68.3. The minimum atomic E-state index is -2.69. The maximum Gasteiger partial charge on any atom is 0.339 e. The van der Waals surface area contributed by atoms with Crippen LogP contribution in [-0.2, 0) is 75.0 Å². The number of rotatable bonds is 18. The standard InChI is InChI=1S/C47H43Cl7N2O15/c1-62-41(60)37-36(67-31(57)22-48)35(64-24-27-16-8-3-9-17-27)38(68-40(59)29-20-12-5-13-21-29)43(70-37)69-34-32(56-45(61)47(52,53)54)42(71-44(55)46(49,50)51)66-30(25-65-39(58)28-18-10-4-11-19-28)33(34)63-23-26-14-6-2-7-15-26/h2-21,30,32-38,42-43,55H,22-25H2,1H3,(H,56,61)/t30-,32-,33+,34-,35+,36+,37+,38-,42?,43-/m1/s1. The zero-order chi connectivity index (χ0) is 51.3. The molecule has 2 aliphatic heterocycles. The molecule has 0 spiro atoms. The molecule has 0 aliphatic carbocycles. The van der Waals surface area contributed by atoms with Crippen LogP contribution in [0.3, 0.4) is 0 Å². The minimum absolute atomic E-state index is 0.0272. The van der Waals surface area contributed by atoms with Gasteiger partial charge in [0, 0.05) is 0 Å². The van der Waals surface area contributed by atoms with Gasteiger partial charge >= 0.3 is 23.9 Å². The van der Waals surface area contributed by atoms with Crippen LogP contribution in [0.1, 0.15) is 31.8 Å². The largest absolute Gasteiger partial charge is 0.467 e. The highest BCUT2D eigenvalue weighted by molar-refractivity contribution is 6.76. The van der Waals surface area contributed by atoms with E-state index in [0.717, 1.165) is 7.11 Å². The molecule has 0 bridgehead atoms. The number of alkyl halides is 7. The number of nitrogens with one attached hydrogen (secondary N) is 2. The Balaban J connectivity index is 1.54. The van der Waals surface area contributed by atoms with Crippen molar-refractivity contribution < 1.29 is 71.3 Å². The third-order valence-corrected chi connectivity index (χ3v) is 11.7. The third-order valence-electron chi connectivity index (χ3n) is 10.5. The van der Waals surface area contributed by atoms with Crippen molar-refractivity contribution in [1.82, 2.24) is 5.32 Å². The van der Waals surface area contributed by atoms with Gasteiger partial charge in [0.05, 0.1) is 31.5 Å². The first kappa shape index (κ1) is 55.8. The molecule has 2 saturated heterocycles. The molecule has 2 aliphatic rings. The van der Waals surface area contributed by atoms with Gasteiger partial charge in [-0.1, -0.05) is 167 Å². The molecule has 71 heavy (non-hydrogen) atoms. The topological polar surface area (TPSA) is 214 Å². The van der Waals surface area contributed by atoms with E-state index in [9.17, 15) is 24.0 Å². The lowest BCUT2D eigenvalue weighted by Crippen LogP contribution is -2.70. The number of methoxy groups -OCH3 is 1. The van der Waals surface area contributed by atoms with E-state index in [-0.39, 0.29) is 24.3 Å². The van der Waals surface area contributed by atoms with Gasteiger partial charge in [0.25, 0.3) is 13.5 Å². The SMILES string of the molecule is COC(=O)[C@H]1O[C@@H](O[C@H]2[C@@H](OCc3ccccc3)[C@@H](COC(=O)c3ccccc3)OC(OC(=N)C(Cl)(Cl)Cl)[C@@H]2NC(=O)C(Cl)(Cl)Cl)[C@H](OC(=O)c2ccccc2)[C@@H](OCc2ccccc2)[C@@H]1OC(=O)CCl. The Morgan fingerprint density at radius 3 is 1.63 bits per heavy atom. The van der Waals surface area contributed by atoms with E-state index in [2.05, 4.69) is 5.32 Å². The molecule has 4 aromatic rings. The second-order valence-electron chi connectivity index (χ2n) is 15.3. The lowest BCUT2D eigenvalue weighted by atomic mass is 9.94. The fourth-order valence-corrected chi connectivity index (χ4v) is 7.55. The molecule has 6 rings (SSSR count). The van der Waals surface area contributed by atoms with Crippen LogP contribution in [0.2, 0.25) is 0 Å². The second-order valence-corrected chi connectivity index (χ2v) is 20.2. The maximum absolute atomic E-state index is 14.2. The molecule has 1 unspecified atom stereocenters. The van der Waals surface area contributed by atoms with Crippen molar-refractivity contribution in [3.8, 4) is 0 Å². The van der Waals surface area contributed by atoms with Crippen molar-refractivity contribution in [2.45, 2.75) is 82.1 Å². The lowest BCUT2D eigenvalue weighted by Gasteiger charge is -2.49. The third kappa shape index (κ3) is 15.5. The van der Waals surface area contributed by atoms with E-state index in [4.69, 9.17) is 134 Å². The van der Waals surface area contributed by atoms with Gasteiger partial charge in [-0.2, -0.15) is 0 Å². The van der Waals surface area contributed by atoms with Crippen molar-refractivity contribution in [2.75, 3.05) is 19.6 Å². The summed E-state index contributed by atoms with van der Waals surface area (Å²) in [5, 5.41) is 11.0. The molecule has 0 aromatic heterocycles. The van der Waals surface area contributed by atoms with Crippen LogP contribution in [-0.4, -0.2) is 124 Å². The number of hydrogen-bond acceptors (Lipinski definition) is 16. The highest BCUT2D eigenvalue weighted by Crippen LogP contribution is 2.38. The molecule has 24 heteroatoms. The molecule has 17 nitrogen and oxygen atoms in total. The monoisotopic (exact) mass is 1120 g/mol. The summed E-state index contributed by atoms with van der Waals surface area (Å²) < 4.78 is 55.7. The summed E-state index contributed by atoms with van der Waals surface area (Å²) in [6.45, 7) is -1.12. The van der Waals surface area contributed by atoms with Crippen LogP contribution in [0.25, 0.3) is 0 Å². The summed E-state index contributed by atoms with van der Waals surface area (Å²) in [6.07, 6.45) is -16.1. The number of amides is 1. The van der Waals surface area contributed by atoms with Crippen molar-refractivity contribution >= 4 is 117 Å². The summed E-state index contributed by atoms with van der Waals surface area (Å²) in [6, 6.07) is 31.1. The first-order valence-electron chi connectivity index (χ1n) is 21.2. The smallest absolute Gasteiger partial charge is 0.339 e. The quantitative estimate of drug-likeness (QED) is 0.0323. The van der Waals surface area contributed by atoms with E-state index < -0.39 is 117 Å². The average molecular weight is 1120 g/mol. The fourth-order valence-electron chi connectivity index (χ4n) is 7.19. The highest BCUT2D eigenvalue weighted by Gasteiger charge is 2.59. The number of hydrogen-bond donors (Lipinski definition) is 2. The van der Waals surface area contributed by atoms with Crippen LogP contribution < -0.4 is 5.32 Å². The zero-order valence-corrected chi connectivity index (χ0v) is 42.2. The molecule has 2 heterocycles. The Bertz CT molecular complexity index is 2420. The van der Waals surface area contributed by atoms with Gasteiger partial charge in [-0.15, -0.1) is 11.6 Å². The molecular weight excluding hydrogens is 1080 g/mol. The molecule has 0 saturated carbocycles. The zero-order valence-electron chi connectivity index (χ0n) is 36.9. The molecule has 1 amide bonds. The first-order chi connectivity index (χ1) is 33.9. The van der Waals surface area contributed by atoms with E-state index in [1.165, 1.54) is 24.3 Å². The van der Waals surface area contributed by atoms with E-state index in [0.29, 0.717) is 11.1 Å². The summed E-state index contributed by atoms with van der Waals surface area (Å²) in [5.74, 6) is -7.00. The summed E-state index contributed by atoms with van der Waals surface area (Å²) in [5.41, 5.74) is 1.35. The van der Waals surface area contributed by atoms with Gasteiger partial charge in [-0.25, -0.2) is 14.4 Å². The van der Waals surface area contributed by atoms with E-state index >= 15 is 0 Å². The van der Waals surface area contributed by atoms with Crippen molar-refractivity contribution in [1.29, 1.82) is 5.41 Å². The maximum atomic E-state index is 14.2. The number of benzene rings is 4. The van der Waals surface area contributed by atoms with Crippen LogP contribution in [0.15, 0.2) is 121 Å². The van der Waals surface area contributed by atoms with Crippen molar-refractivity contribution in [3.63, 3.8) is 0 Å². The lowest BCUT2D eigenvalue weighted by molar-refractivity contribution is -0.343. The van der Waals surface area contributed by atoms with Crippen molar-refractivity contribution in [2.24, 2.45) is 0 Å². The molecule has 2 N–H and O–H groups in total. The minimum Gasteiger partial charge on any atom is -0.467 e. The number of ether oxygens (including phenoxy) is 10. The van der Waals surface area contributed by atoms with Crippen molar-refractivity contribution in [3.05, 3.63) is 144 Å². The molecule has 380 valence electrons. The number of carbonyl (C=O) groups is 5. The van der Waals surface area contributed by atoms with Gasteiger partial charge in [0.2, 0.25) is 12.2 Å². The fraction of sp³-hybridized carbons (Fsp3) is 0.362. The van der Waals surface area contributed by atoms with Gasteiger partial charge < -0.3 is 52.7 Å². The Morgan fingerprint density at radius 1 is 0.606 bits per heavy atom. The van der Waals surface area contributed by atoms with Crippen LogP contribution in [0.5, 0.6) is 0 Å². The van der Waals surface area contributed by atoms with Crippen LogP contribution >= 0.6 is 81.2 Å². The van der Waals surface area contributed by atoms with Gasteiger partial charge in [0.15, 0.2) is 24.6 Å². The van der Waals surface area contributed by atoms with Gasteiger partial charge in [-0.3, -0.25) is 15.0 Å². The number of carbonyl (C=O) groups excluding carboxylic acids is 5. The first-order valence-corrected chi connectivity index (χ1v) is 24.0. The molecule has 4 aromatic carbocycles. The molecular formula is C47H43Cl7N2O15. The highest BCUT2D eigenvalue weighted by atomic mass is 35.6. The predicted molar refractivity (Wildman–Crippen MR) is 259 cm³/mol. The van der Waals surface area contributed by atoms with Gasteiger partial charge in [0.1, 0.15) is 42.9 Å². The van der Waals surface area contributed by atoms with E-state index in [1.807, 2.05) is 0 Å². The number of halogens is 7. The Kier molecular flexibility index (Phi) is 20.4. The van der Waals surface area contributed by atoms with Crippen LogP contribution in [0.4, 0.5) is 0 Å². The molecule has 10 atom stereocenters.